The van der Waals surface area contributed by atoms with Crippen LogP contribution in [0, 0.1) is 5.92 Å². The lowest BCUT2D eigenvalue weighted by Gasteiger charge is -2.24. The number of nitrogens with one attached hydrogen (secondary N) is 2. The maximum atomic E-state index is 12.8. The van der Waals surface area contributed by atoms with Crippen LogP contribution in [0.4, 0.5) is 4.79 Å². The maximum absolute atomic E-state index is 12.8. The van der Waals surface area contributed by atoms with E-state index in [1.807, 2.05) is 74.5 Å². The van der Waals surface area contributed by atoms with E-state index in [0.717, 1.165) is 11.1 Å². The first-order chi connectivity index (χ1) is 14.9. The zero-order chi connectivity index (χ0) is 22.6. The molecule has 0 spiro atoms. The molecule has 0 unspecified atom stereocenters. The Bertz CT molecular complexity index is 842. The number of hydrogen-bond acceptors (Lipinski definition) is 5. The van der Waals surface area contributed by atoms with Gasteiger partial charge in [-0.15, -0.1) is 0 Å². The van der Waals surface area contributed by atoms with Crippen molar-refractivity contribution in [1.29, 1.82) is 0 Å². The normalized spacial score (nSPS) is 13.4. The van der Waals surface area contributed by atoms with Crippen molar-refractivity contribution in [1.82, 2.24) is 10.6 Å². The lowest BCUT2D eigenvalue weighted by Crippen LogP contribution is -2.53. The van der Waals surface area contributed by atoms with Crippen molar-refractivity contribution < 1.29 is 23.9 Å². The molecule has 0 bridgehead atoms. The molecular formula is C24H30N2O5. The Morgan fingerprint density at radius 3 is 1.84 bits per heavy atom. The molecule has 3 atom stereocenters. The molecule has 0 aliphatic rings. The number of carbonyl (C=O) groups is 3. The molecule has 7 heteroatoms. The summed E-state index contributed by atoms with van der Waals surface area (Å²) in [6.45, 7) is 5.54. The van der Waals surface area contributed by atoms with Crippen LogP contribution in [-0.4, -0.2) is 30.1 Å². The second-order valence-corrected chi connectivity index (χ2v) is 7.39. The molecule has 0 fully saturated rings. The van der Waals surface area contributed by atoms with Crippen LogP contribution in [0.3, 0.4) is 0 Å². The van der Waals surface area contributed by atoms with Crippen molar-refractivity contribution in [3.63, 3.8) is 0 Å². The third-order valence-corrected chi connectivity index (χ3v) is 4.92. The molecule has 0 saturated carbocycles. The van der Waals surface area contributed by atoms with Gasteiger partial charge in [-0.3, -0.25) is 4.79 Å². The lowest BCUT2D eigenvalue weighted by atomic mass is 9.98. The summed E-state index contributed by atoms with van der Waals surface area (Å²) in [4.78, 5) is 37.2. The summed E-state index contributed by atoms with van der Waals surface area (Å²) in [5.74, 6) is -1.17. The van der Waals surface area contributed by atoms with Crippen molar-refractivity contribution in [2.24, 2.45) is 5.92 Å². The minimum atomic E-state index is -0.857. The van der Waals surface area contributed by atoms with Crippen molar-refractivity contribution in [2.45, 2.75) is 52.5 Å². The van der Waals surface area contributed by atoms with E-state index >= 15 is 0 Å². The molecule has 0 saturated heterocycles. The van der Waals surface area contributed by atoms with Gasteiger partial charge in [-0.25, -0.2) is 9.59 Å². The molecule has 0 heterocycles. The number of rotatable bonds is 10. The number of carbonyl (C=O) groups excluding carboxylic acids is 3. The monoisotopic (exact) mass is 426 g/mol. The number of esters is 1. The predicted octanol–water partition coefficient (Wildman–Crippen LogP) is 3.58. The van der Waals surface area contributed by atoms with Crippen LogP contribution in [0.25, 0.3) is 0 Å². The summed E-state index contributed by atoms with van der Waals surface area (Å²) in [6.07, 6.45) is -0.0345. The second-order valence-electron chi connectivity index (χ2n) is 7.39. The smallest absolute Gasteiger partial charge is 0.408 e. The summed E-state index contributed by atoms with van der Waals surface area (Å²) in [5, 5.41) is 5.24. The SMILES string of the molecule is CC[C@@H](C)[C@@H](NC(=O)OCc1ccccc1)C(=O)N[C@H](C)C(=O)OCc1ccccc1. The van der Waals surface area contributed by atoms with Gasteiger partial charge in [-0.1, -0.05) is 80.9 Å². The maximum Gasteiger partial charge on any atom is 0.408 e. The molecular weight excluding hydrogens is 396 g/mol. The first-order valence-corrected chi connectivity index (χ1v) is 10.4. The van der Waals surface area contributed by atoms with Gasteiger partial charge in [0.25, 0.3) is 0 Å². The minimum absolute atomic E-state index is 0.101. The zero-order valence-corrected chi connectivity index (χ0v) is 18.2. The largest absolute Gasteiger partial charge is 0.459 e. The van der Waals surface area contributed by atoms with Crippen LogP contribution in [-0.2, 0) is 32.3 Å². The van der Waals surface area contributed by atoms with Crippen LogP contribution in [0.15, 0.2) is 60.7 Å². The number of hydrogen-bond donors (Lipinski definition) is 2. The van der Waals surface area contributed by atoms with Crippen LogP contribution in [0.1, 0.15) is 38.3 Å². The van der Waals surface area contributed by atoms with Crippen LogP contribution in [0.5, 0.6) is 0 Å². The highest BCUT2D eigenvalue weighted by Crippen LogP contribution is 2.10. The molecule has 0 aliphatic heterocycles. The van der Waals surface area contributed by atoms with Gasteiger partial charge in [-0.05, 0) is 24.0 Å². The van der Waals surface area contributed by atoms with E-state index in [1.54, 1.807) is 6.92 Å². The fourth-order valence-corrected chi connectivity index (χ4v) is 2.81. The van der Waals surface area contributed by atoms with Crippen LogP contribution >= 0.6 is 0 Å². The Labute approximate surface area is 183 Å². The first kappa shape index (κ1) is 23.9. The highest BCUT2D eigenvalue weighted by Gasteiger charge is 2.29. The quantitative estimate of drug-likeness (QED) is 0.567. The van der Waals surface area contributed by atoms with Crippen LogP contribution in [0.2, 0.25) is 0 Å². The second kappa shape index (κ2) is 12.4. The predicted molar refractivity (Wildman–Crippen MR) is 117 cm³/mol. The Balaban J connectivity index is 1.87. The molecule has 2 rings (SSSR count). The van der Waals surface area contributed by atoms with Gasteiger partial charge in [-0.2, -0.15) is 0 Å². The van der Waals surface area contributed by atoms with E-state index in [0.29, 0.717) is 6.42 Å². The van der Waals surface area contributed by atoms with Crippen molar-refractivity contribution in [3.8, 4) is 0 Å². The molecule has 0 radical (unpaired) electrons. The highest BCUT2D eigenvalue weighted by atomic mass is 16.5. The third kappa shape index (κ3) is 8.12. The summed E-state index contributed by atoms with van der Waals surface area (Å²) < 4.78 is 10.5. The van der Waals surface area contributed by atoms with Gasteiger partial charge in [0.2, 0.25) is 5.91 Å². The van der Waals surface area contributed by atoms with Crippen molar-refractivity contribution >= 4 is 18.0 Å². The van der Waals surface area contributed by atoms with Crippen molar-refractivity contribution in [2.75, 3.05) is 0 Å². The van der Waals surface area contributed by atoms with Crippen molar-refractivity contribution in [3.05, 3.63) is 71.8 Å². The first-order valence-electron chi connectivity index (χ1n) is 10.4. The Hall–Kier alpha value is -3.35. The van der Waals surface area contributed by atoms with E-state index in [1.165, 1.54) is 0 Å². The summed E-state index contributed by atoms with van der Waals surface area (Å²) in [6, 6.07) is 16.9. The number of ether oxygens (including phenoxy) is 2. The topological polar surface area (TPSA) is 93.7 Å². The third-order valence-electron chi connectivity index (χ3n) is 4.92. The zero-order valence-electron chi connectivity index (χ0n) is 18.2. The molecule has 0 aromatic heterocycles. The fourth-order valence-electron chi connectivity index (χ4n) is 2.81. The summed E-state index contributed by atoms with van der Waals surface area (Å²) in [5.41, 5.74) is 1.70. The minimum Gasteiger partial charge on any atom is -0.459 e. The average molecular weight is 427 g/mol. The molecule has 2 N–H and O–H groups in total. The Morgan fingerprint density at radius 2 is 1.32 bits per heavy atom. The van der Waals surface area contributed by atoms with Gasteiger partial charge < -0.3 is 20.1 Å². The van der Waals surface area contributed by atoms with Crippen LogP contribution < -0.4 is 10.6 Å². The molecule has 7 nitrogen and oxygen atoms in total. The molecule has 2 aromatic carbocycles. The van der Waals surface area contributed by atoms with Gasteiger partial charge in [0.1, 0.15) is 25.3 Å². The number of amides is 2. The Morgan fingerprint density at radius 1 is 0.806 bits per heavy atom. The highest BCUT2D eigenvalue weighted by molar-refractivity contribution is 5.89. The molecule has 2 aromatic rings. The van der Waals surface area contributed by atoms with Gasteiger partial charge in [0.05, 0.1) is 0 Å². The van der Waals surface area contributed by atoms with Gasteiger partial charge >= 0.3 is 12.1 Å². The Kier molecular flexibility index (Phi) is 9.55. The molecule has 2 amide bonds. The van der Waals surface area contributed by atoms with E-state index in [2.05, 4.69) is 10.6 Å². The van der Waals surface area contributed by atoms with E-state index in [-0.39, 0.29) is 19.1 Å². The fraction of sp³-hybridized carbons (Fsp3) is 0.375. The summed E-state index contributed by atoms with van der Waals surface area (Å²) in [7, 11) is 0. The lowest BCUT2D eigenvalue weighted by molar-refractivity contribution is -0.148. The van der Waals surface area contributed by atoms with E-state index in [4.69, 9.17) is 9.47 Å². The van der Waals surface area contributed by atoms with Gasteiger partial charge in [0.15, 0.2) is 0 Å². The number of alkyl carbamates (subject to hydrolysis) is 1. The molecule has 31 heavy (non-hydrogen) atoms. The summed E-state index contributed by atoms with van der Waals surface area (Å²) >= 11 is 0. The average Bonchev–Trinajstić information content (AvgIpc) is 2.80. The number of benzene rings is 2. The standard InChI is InChI=1S/C24H30N2O5/c1-4-17(2)21(26-24(29)31-16-20-13-9-6-10-14-20)22(27)25-18(3)23(28)30-15-19-11-7-5-8-12-19/h5-14,17-18,21H,4,15-16H2,1-3H3,(H,25,27)(H,26,29)/t17-,18-,21-/m1/s1. The van der Waals surface area contributed by atoms with E-state index in [9.17, 15) is 14.4 Å². The molecule has 0 aliphatic carbocycles. The molecule has 166 valence electrons. The van der Waals surface area contributed by atoms with E-state index < -0.39 is 30.1 Å². The van der Waals surface area contributed by atoms with Gasteiger partial charge in [0, 0.05) is 0 Å².